The normalized spacial score (nSPS) is 75.3. The van der Waals surface area contributed by atoms with Gasteiger partial charge >= 0.3 is 0 Å². The van der Waals surface area contributed by atoms with Crippen molar-refractivity contribution in [3.05, 3.63) is 0 Å². The van der Waals surface area contributed by atoms with Gasteiger partial charge in [0, 0.05) is 0 Å². The smallest absolute Gasteiger partial charge is 0.0835 e. The molecule has 0 bridgehead atoms. The van der Waals surface area contributed by atoms with Crippen LogP contribution in [0.15, 0.2) is 0 Å². The molecule has 0 aromatic heterocycles. The van der Waals surface area contributed by atoms with Crippen molar-refractivity contribution in [1.29, 1.82) is 0 Å². The Kier molecular flexibility index (Phi) is 0.498. The van der Waals surface area contributed by atoms with Crippen molar-refractivity contribution in [3.8, 4) is 0 Å². The lowest BCUT2D eigenvalue weighted by Gasteiger charge is -2.11. The first-order valence-electron chi connectivity index (χ1n) is 3.62. The standard InChI is InChI=1S/C7H10O2/c8-5-3-1-7(3)2-4(7)6(5)9/h3-6,8-9H,1-2H2/t3-,4-,5-,6+,7?/m0/s1. The van der Waals surface area contributed by atoms with Crippen LogP contribution in [0, 0.1) is 17.3 Å². The van der Waals surface area contributed by atoms with Gasteiger partial charge in [-0.15, -0.1) is 0 Å². The SMILES string of the molecule is O[C@@H]1[C@H](O)[C@@H]2CC23C[C@@H]13. The number of rotatable bonds is 0. The van der Waals surface area contributed by atoms with Crippen LogP contribution in [-0.4, -0.2) is 22.4 Å². The topological polar surface area (TPSA) is 40.5 Å². The maximum absolute atomic E-state index is 9.25. The van der Waals surface area contributed by atoms with Gasteiger partial charge in [0.1, 0.15) is 0 Å². The zero-order valence-electron chi connectivity index (χ0n) is 5.12. The highest BCUT2D eigenvalue weighted by Gasteiger charge is 2.80. The summed E-state index contributed by atoms with van der Waals surface area (Å²) in [6.07, 6.45) is 1.64. The van der Waals surface area contributed by atoms with Crippen molar-refractivity contribution in [2.24, 2.45) is 17.3 Å². The van der Waals surface area contributed by atoms with Crippen LogP contribution in [0.2, 0.25) is 0 Å². The minimum absolute atomic E-state index is 0.372. The zero-order valence-corrected chi connectivity index (χ0v) is 5.12. The number of hydrogen-bond acceptors (Lipinski definition) is 2. The van der Waals surface area contributed by atoms with Gasteiger partial charge in [-0.25, -0.2) is 0 Å². The lowest BCUT2D eigenvalue weighted by Crippen LogP contribution is -2.26. The van der Waals surface area contributed by atoms with Crippen LogP contribution in [0.25, 0.3) is 0 Å². The quantitative estimate of drug-likeness (QED) is 0.470. The van der Waals surface area contributed by atoms with Crippen LogP contribution >= 0.6 is 0 Å². The van der Waals surface area contributed by atoms with E-state index in [1.165, 1.54) is 12.8 Å². The van der Waals surface area contributed by atoms with Crippen molar-refractivity contribution >= 4 is 0 Å². The molecule has 0 aromatic rings. The first kappa shape index (κ1) is 4.69. The molecule has 2 heteroatoms. The predicted molar refractivity (Wildman–Crippen MR) is 30.7 cm³/mol. The molecule has 0 aliphatic heterocycles. The van der Waals surface area contributed by atoms with Gasteiger partial charge in [0.05, 0.1) is 12.2 Å². The van der Waals surface area contributed by atoms with Crippen molar-refractivity contribution in [3.63, 3.8) is 0 Å². The molecule has 50 valence electrons. The molecule has 0 heterocycles. The van der Waals surface area contributed by atoms with Crippen LogP contribution in [0.4, 0.5) is 0 Å². The molecule has 0 radical (unpaired) electrons. The van der Waals surface area contributed by atoms with Gasteiger partial charge in [0.15, 0.2) is 0 Å². The third-order valence-corrected chi connectivity index (χ3v) is 3.53. The van der Waals surface area contributed by atoms with Crippen LogP contribution in [0.3, 0.4) is 0 Å². The van der Waals surface area contributed by atoms with E-state index in [-0.39, 0.29) is 12.2 Å². The van der Waals surface area contributed by atoms with E-state index in [1.807, 2.05) is 0 Å². The van der Waals surface area contributed by atoms with Crippen LogP contribution in [-0.2, 0) is 0 Å². The molecule has 3 rings (SSSR count). The summed E-state index contributed by atoms with van der Waals surface area (Å²) in [7, 11) is 0. The fourth-order valence-corrected chi connectivity index (χ4v) is 2.76. The van der Waals surface area contributed by atoms with E-state index >= 15 is 0 Å². The molecule has 2 nitrogen and oxygen atoms in total. The Morgan fingerprint density at radius 2 is 1.44 bits per heavy atom. The first-order chi connectivity index (χ1) is 4.26. The molecular formula is C7H10O2. The van der Waals surface area contributed by atoms with Gasteiger partial charge in [-0.3, -0.25) is 0 Å². The Balaban J connectivity index is 2.00. The van der Waals surface area contributed by atoms with Gasteiger partial charge in [0.25, 0.3) is 0 Å². The number of aliphatic hydroxyl groups is 2. The van der Waals surface area contributed by atoms with Gasteiger partial charge in [-0.2, -0.15) is 0 Å². The molecule has 9 heavy (non-hydrogen) atoms. The Morgan fingerprint density at radius 3 is 1.67 bits per heavy atom. The molecule has 3 aliphatic rings. The van der Waals surface area contributed by atoms with Crippen LogP contribution < -0.4 is 0 Å². The highest BCUT2D eigenvalue weighted by atomic mass is 16.3. The molecule has 3 saturated carbocycles. The second-order valence-electron chi connectivity index (χ2n) is 3.84. The van der Waals surface area contributed by atoms with Crippen molar-refractivity contribution in [2.75, 3.05) is 0 Å². The molecule has 0 saturated heterocycles. The Labute approximate surface area is 53.5 Å². The Hall–Kier alpha value is -0.0800. The monoisotopic (exact) mass is 126 g/mol. The summed E-state index contributed by atoms with van der Waals surface area (Å²) in [6.45, 7) is 0. The summed E-state index contributed by atoms with van der Waals surface area (Å²) in [5.74, 6) is 0.968. The average Bonchev–Trinajstić information content (AvgIpc) is 2.66. The molecule has 0 aromatic carbocycles. The predicted octanol–water partition coefficient (Wildman–Crippen LogP) is -0.252. The van der Waals surface area contributed by atoms with Gasteiger partial charge < -0.3 is 10.2 Å². The maximum Gasteiger partial charge on any atom is 0.0835 e. The highest BCUT2D eigenvalue weighted by molar-refractivity contribution is 5.29. The lowest BCUT2D eigenvalue weighted by molar-refractivity contribution is 0.00981. The van der Waals surface area contributed by atoms with E-state index in [1.54, 1.807) is 0 Å². The average molecular weight is 126 g/mol. The number of hydrogen-bond donors (Lipinski definition) is 2. The molecule has 5 atom stereocenters. The highest BCUT2D eigenvalue weighted by Crippen LogP contribution is 2.81. The third-order valence-electron chi connectivity index (χ3n) is 3.53. The molecule has 1 unspecified atom stereocenters. The second kappa shape index (κ2) is 0.956. The Morgan fingerprint density at radius 1 is 1.00 bits per heavy atom. The third kappa shape index (κ3) is 0.310. The van der Waals surface area contributed by atoms with E-state index in [9.17, 15) is 10.2 Å². The summed E-state index contributed by atoms with van der Waals surface area (Å²) in [6, 6.07) is 0. The molecular weight excluding hydrogens is 116 g/mol. The molecule has 0 amide bonds. The molecule has 3 fully saturated rings. The first-order valence-corrected chi connectivity index (χ1v) is 3.62. The van der Waals surface area contributed by atoms with E-state index < -0.39 is 0 Å². The Bertz CT molecular complexity index is 154. The summed E-state index contributed by atoms with van der Waals surface area (Å²) in [5.41, 5.74) is 0.471. The van der Waals surface area contributed by atoms with E-state index in [2.05, 4.69) is 0 Å². The van der Waals surface area contributed by atoms with Crippen LogP contribution in [0.1, 0.15) is 12.8 Å². The second-order valence-corrected chi connectivity index (χ2v) is 3.84. The maximum atomic E-state index is 9.25. The summed E-state index contributed by atoms with van der Waals surface area (Å²) in [4.78, 5) is 0. The van der Waals surface area contributed by atoms with Crippen molar-refractivity contribution < 1.29 is 10.2 Å². The lowest BCUT2D eigenvalue weighted by atomic mass is 10.1. The molecule has 2 N–H and O–H groups in total. The fraction of sp³-hybridized carbons (Fsp3) is 1.00. The van der Waals surface area contributed by atoms with Crippen LogP contribution in [0.5, 0.6) is 0 Å². The van der Waals surface area contributed by atoms with Crippen molar-refractivity contribution in [1.82, 2.24) is 0 Å². The minimum Gasteiger partial charge on any atom is -0.390 e. The van der Waals surface area contributed by atoms with Crippen molar-refractivity contribution in [2.45, 2.75) is 25.0 Å². The minimum atomic E-state index is -0.372. The van der Waals surface area contributed by atoms with Gasteiger partial charge in [-0.05, 0) is 30.1 Å². The van der Waals surface area contributed by atoms with Gasteiger partial charge in [-0.1, -0.05) is 0 Å². The number of aliphatic hydroxyl groups excluding tert-OH is 2. The van der Waals surface area contributed by atoms with E-state index in [0.717, 1.165) is 0 Å². The largest absolute Gasteiger partial charge is 0.390 e. The summed E-state index contributed by atoms with van der Waals surface area (Å²) in [5, 5.41) is 18.5. The van der Waals surface area contributed by atoms with Gasteiger partial charge in [0.2, 0.25) is 0 Å². The summed E-state index contributed by atoms with van der Waals surface area (Å²) < 4.78 is 0. The molecule has 3 aliphatic carbocycles. The zero-order chi connectivity index (χ0) is 6.22. The van der Waals surface area contributed by atoms with E-state index in [0.29, 0.717) is 17.3 Å². The van der Waals surface area contributed by atoms with E-state index in [4.69, 9.17) is 0 Å². The fourth-order valence-electron chi connectivity index (χ4n) is 2.76. The molecule has 1 spiro atoms. The summed E-state index contributed by atoms with van der Waals surface area (Å²) >= 11 is 0.